The summed E-state index contributed by atoms with van der Waals surface area (Å²) in [7, 11) is -3.23. The zero-order valence-corrected chi connectivity index (χ0v) is 16.2. The molecule has 1 aliphatic heterocycles. The van der Waals surface area contributed by atoms with Crippen LogP contribution in [0.15, 0.2) is 47.4 Å². The van der Waals surface area contributed by atoms with Crippen molar-refractivity contribution in [3.8, 4) is 11.5 Å². The number of amides is 1. The lowest BCUT2D eigenvalue weighted by Crippen LogP contribution is -2.28. The number of fused-ring (bicyclic) bond motifs is 1. The summed E-state index contributed by atoms with van der Waals surface area (Å²) < 4.78 is 33.8. The number of ether oxygens (including phenoxy) is 2. The van der Waals surface area contributed by atoms with Crippen molar-refractivity contribution in [3.63, 3.8) is 0 Å². The van der Waals surface area contributed by atoms with Gasteiger partial charge in [0, 0.05) is 12.7 Å². The highest BCUT2D eigenvalue weighted by atomic mass is 32.2. The van der Waals surface area contributed by atoms with Crippen molar-refractivity contribution in [2.45, 2.75) is 37.1 Å². The standard InChI is InChI=1S/C20H23NO5S/c1-3-17(15-6-8-16(9-7-15)27(2,23)24)21-20(22)11-5-14-4-10-18-19(12-14)26-13-25-18/h4,6-10,12,17H,3,5,11,13H2,1-2H3,(H,21,22). The highest BCUT2D eigenvalue weighted by Gasteiger charge is 2.16. The Labute approximate surface area is 159 Å². The van der Waals surface area contributed by atoms with Crippen molar-refractivity contribution in [1.82, 2.24) is 5.32 Å². The molecule has 0 saturated heterocycles. The van der Waals surface area contributed by atoms with Gasteiger partial charge in [-0.05, 0) is 48.2 Å². The number of sulfone groups is 1. The van der Waals surface area contributed by atoms with Gasteiger partial charge in [-0.2, -0.15) is 0 Å². The topological polar surface area (TPSA) is 81.7 Å². The molecule has 0 aliphatic carbocycles. The second kappa shape index (κ2) is 8.00. The lowest BCUT2D eigenvalue weighted by atomic mass is 10.0. The summed E-state index contributed by atoms with van der Waals surface area (Å²) in [5, 5.41) is 3.02. The van der Waals surface area contributed by atoms with Crippen molar-refractivity contribution in [2.75, 3.05) is 13.0 Å². The van der Waals surface area contributed by atoms with Crippen LogP contribution in [0.1, 0.15) is 36.9 Å². The van der Waals surface area contributed by atoms with E-state index in [4.69, 9.17) is 9.47 Å². The van der Waals surface area contributed by atoms with Crippen LogP contribution in [0, 0.1) is 0 Å². The third-order valence-electron chi connectivity index (χ3n) is 4.53. The Hall–Kier alpha value is -2.54. The maximum atomic E-state index is 12.4. The van der Waals surface area contributed by atoms with E-state index in [1.165, 1.54) is 6.26 Å². The van der Waals surface area contributed by atoms with Crippen molar-refractivity contribution >= 4 is 15.7 Å². The molecule has 0 radical (unpaired) electrons. The van der Waals surface area contributed by atoms with Crippen LogP contribution in [0.5, 0.6) is 11.5 Å². The summed E-state index contributed by atoms with van der Waals surface area (Å²) in [6.45, 7) is 2.21. The Kier molecular flexibility index (Phi) is 5.70. The second-order valence-electron chi connectivity index (χ2n) is 6.56. The minimum Gasteiger partial charge on any atom is -0.454 e. The summed E-state index contributed by atoms with van der Waals surface area (Å²) >= 11 is 0. The van der Waals surface area contributed by atoms with Crippen LogP contribution in [-0.4, -0.2) is 27.4 Å². The predicted molar refractivity (Wildman–Crippen MR) is 102 cm³/mol. The molecule has 1 aliphatic rings. The zero-order chi connectivity index (χ0) is 19.4. The molecular formula is C20H23NO5S. The van der Waals surface area contributed by atoms with E-state index in [9.17, 15) is 13.2 Å². The van der Waals surface area contributed by atoms with E-state index in [2.05, 4.69) is 5.32 Å². The van der Waals surface area contributed by atoms with Gasteiger partial charge >= 0.3 is 0 Å². The third kappa shape index (κ3) is 4.80. The summed E-state index contributed by atoms with van der Waals surface area (Å²) in [6.07, 6.45) is 2.86. The van der Waals surface area contributed by atoms with E-state index < -0.39 is 9.84 Å². The number of rotatable bonds is 7. The summed E-state index contributed by atoms with van der Waals surface area (Å²) in [6, 6.07) is 12.2. The summed E-state index contributed by atoms with van der Waals surface area (Å²) in [4.78, 5) is 12.6. The number of carbonyl (C=O) groups excluding carboxylic acids is 1. The Morgan fingerprint density at radius 1 is 1.11 bits per heavy atom. The van der Waals surface area contributed by atoms with Crippen LogP contribution >= 0.6 is 0 Å². The van der Waals surface area contributed by atoms with Gasteiger partial charge in [-0.3, -0.25) is 4.79 Å². The summed E-state index contributed by atoms with van der Waals surface area (Å²) in [5.74, 6) is 1.39. The van der Waals surface area contributed by atoms with E-state index >= 15 is 0 Å². The molecule has 0 aromatic heterocycles. The van der Waals surface area contributed by atoms with Gasteiger partial charge in [0.1, 0.15) is 0 Å². The van der Waals surface area contributed by atoms with Crippen molar-refractivity contribution in [2.24, 2.45) is 0 Å². The summed E-state index contributed by atoms with van der Waals surface area (Å²) in [5.41, 5.74) is 1.90. The first-order chi connectivity index (χ1) is 12.9. The van der Waals surface area contributed by atoms with Gasteiger partial charge in [0.15, 0.2) is 21.3 Å². The number of hydrogen-bond donors (Lipinski definition) is 1. The average Bonchev–Trinajstić information content (AvgIpc) is 3.11. The fourth-order valence-corrected chi connectivity index (χ4v) is 3.62. The first-order valence-electron chi connectivity index (χ1n) is 8.84. The molecule has 1 amide bonds. The zero-order valence-electron chi connectivity index (χ0n) is 15.4. The van der Waals surface area contributed by atoms with E-state index in [0.717, 1.165) is 16.9 Å². The van der Waals surface area contributed by atoms with Gasteiger partial charge in [-0.1, -0.05) is 25.1 Å². The lowest BCUT2D eigenvalue weighted by molar-refractivity contribution is -0.121. The van der Waals surface area contributed by atoms with E-state index in [1.54, 1.807) is 24.3 Å². The molecule has 7 heteroatoms. The van der Waals surface area contributed by atoms with Crippen LogP contribution in [-0.2, 0) is 21.1 Å². The molecule has 1 unspecified atom stereocenters. The van der Waals surface area contributed by atoms with Crippen LogP contribution < -0.4 is 14.8 Å². The largest absolute Gasteiger partial charge is 0.454 e. The second-order valence-corrected chi connectivity index (χ2v) is 8.57. The molecule has 1 N–H and O–H groups in total. The molecule has 1 atom stereocenters. The molecule has 1 heterocycles. The molecule has 6 nitrogen and oxygen atoms in total. The highest BCUT2D eigenvalue weighted by Crippen LogP contribution is 2.32. The van der Waals surface area contributed by atoms with E-state index in [-0.39, 0.29) is 23.6 Å². The molecule has 2 aromatic carbocycles. The number of carbonyl (C=O) groups is 1. The monoisotopic (exact) mass is 389 g/mol. The van der Waals surface area contributed by atoms with Gasteiger partial charge in [-0.15, -0.1) is 0 Å². The quantitative estimate of drug-likeness (QED) is 0.787. The molecule has 0 fully saturated rings. The number of hydrogen-bond acceptors (Lipinski definition) is 5. The normalized spacial score (nSPS) is 14.0. The van der Waals surface area contributed by atoms with Gasteiger partial charge < -0.3 is 14.8 Å². The molecule has 3 rings (SSSR count). The Morgan fingerprint density at radius 2 is 1.81 bits per heavy atom. The van der Waals surface area contributed by atoms with Crippen LogP contribution in [0.3, 0.4) is 0 Å². The van der Waals surface area contributed by atoms with E-state index in [1.807, 2.05) is 25.1 Å². The van der Waals surface area contributed by atoms with Gasteiger partial charge in [-0.25, -0.2) is 8.42 Å². The smallest absolute Gasteiger partial charge is 0.231 e. The van der Waals surface area contributed by atoms with Gasteiger partial charge in [0.05, 0.1) is 10.9 Å². The number of nitrogens with one attached hydrogen (secondary N) is 1. The van der Waals surface area contributed by atoms with Crippen molar-refractivity contribution < 1.29 is 22.7 Å². The Morgan fingerprint density at radius 3 is 2.48 bits per heavy atom. The Bertz CT molecular complexity index is 922. The van der Waals surface area contributed by atoms with Crippen LogP contribution in [0.25, 0.3) is 0 Å². The van der Waals surface area contributed by atoms with Crippen molar-refractivity contribution in [1.29, 1.82) is 0 Å². The fraction of sp³-hybridized carbons (Fsp3) is 0.350. The molecule has 2 aromatic rings. The average molecular weight is 389 g/mol. The lowest BCUT2D eigenvalue weighted by Gasteiger charge is -2.18. The first-order valence-corrected chi connectivity index (χ1v) is 10.7. The van der Waals surface area contributed by atoms with Gasteiger partial charge in [0.2, 0.25) is 12.7 Å². The molecule has 0 bridgehead atoms. The SMILES string of the molecule is CCC(NC(=O)CCc1ccc2c(c1)OCO2)c1ccc(S(C)(=O)=O)cc1. The van der Waals surface area contributed by atoms with Crippen LogP contribution in [0.2, 0.25) is 0 Å². The number of aryl methyl sites for hydroxylation is 1. The molecule has 0 saturated carbocycles. The minimum absolute atomic E-state index is 0.0493. The maximum Gasteiger partial charge on any atom is 0.231 e. The molecular weight excluding hydrogens is 366 g/mol. The molecule has 27 heavy (non-hydrogen) atoms. The van der Waals surface area contributed by atoms with E-state index in [0.29, 0.717) is 25.0 Å². The fourth-order valence-electron chi connectivity index (χ4n) is 2.99. The van der Waals surface area contributed by atoms with Gasteiger partial charge in [0.25, 0.3) is 0 Å². The maximum absolute atomic E-state index is 12.4. The highest BCUT2D eigenvalue weighted by molar-refractivity contribution is 7.90. The van der Waals surface area contributed by atoms with Crippen molar-refractivity contribution in [3.05, 3.63) is 53.6 Å². The predicted octanol–water partition coefficient (Wildman–Crippen LogP) is 3.02. The van der Waals surface area contributed by atoms with Crippen LogP contribution in [0.4, 0.5) is 0 Å². The first kappa shape index (κ1) is 19.2. The molecule has 0 spiro atoms. The minimum atomic E-state index is -3.23. The molecule has 144 valence electrons. The Balaban J connectivity index is 1.58. The third-order valence-corrected chi connectivity index (χ3v) is 5.66. The number of benzene rings is 2.